The van der Waals surface area contributed by atoms with E-state index in [9.17, 15) is 9.18 Å². The SMILES string of the molecule is COc1ccc(C(=O)O)cc1NCc1cccc(OCc2ccc(F)cc2)c1. The molecule has 0 amide bonds. The van der Waals surface area contributed by atoms with Crippen LogP contribution in [0.25, 0.3) is 0 Å². The summed E-state index contributed by atoms with van der Waals surface area (Å²) in [5.74, 6) is -0.0234. The Morgan fingerprint density at radius 2 is 1.82 bits per heavy atom. The average molecular weight is 381 g/mol. The number of carboxylic acids is 1. The highest BCUT2D eigenvalue weighted by Gasteiger charge is 2.09. The first-order valence-electron chi connectivity index (χ1n) is 8.66. The number of anilines is 1. The van der Waals surface area contributed by atoms with Gasteiger partial charge in [-0.05, 0) is 53.6 Å². The van der Waals surface area contributed by atoms with Crippen LogP contribution in [0.5, 0.6) is 11.5 Å². The second-order valence-corrected chi connectivity index (χ2v) is 6.14. The van der Waals surface area contributed by atoms with Gasteiger partial charge in [-0.2, -0.15) is 0 Å². The van der Waals surface area contributed by atoms with Gasteiger partial charge in [0.05, 0.1) is 18.4 Å². The number of carboxylic acid groups (broad SMARTS) is 1. The van der Waals surface area contributed by atoms with Crippen molar-refractivity contribution in [3.63, 3.8) is 0 Å². The summed E-state index contributed by atoms with van der Waals surface area (Å²) in [7, 11) is 1.53. The van der Waals surface area contributed by atoms with Crippen molar-refractivity contribution in [1.29, 1.82) is 0 Å². The summed E-state index contributed by atoms with van der Waals surface area (Å²) in [5.41, 5.74) is 2.61. The third kappa shape index (κ3) is 5.01. The molecule has 0 unspecified atom stereocenters. The van der Waals surface area contributed by atoms with E-state index >= 15 is 0 Å². The molecular formula is C22H20FNO4. The molecule has 2 N–H and O–H groups in total. The summed E-state index contributed by atoms with van der Waals surface area (Å²) in [6.45, 7) is 0.804. The quantitative estimate of drug-likeness (QED) is 0.591. The Morgan fingerprint density at radius 1 is 1.04 bits per heavy atom. The van der Waals surface area contributed by atoms with Gasteiger partial charge in [-0.3, -0.25) is 0 Å². The minimum atomic E-state index is -0.998. The second kappa shape index (κ2) is 8.90. The summed E-state index contributed by atoms with van der Waals surface area (Å²) < 4.78 is 24.0. The molecule has 0 saturated heterocycles. The van der Waals surface area contributed by atoms with Crippen LogP contribution in [0.3, 0.4) is 0 Å². The third-order valence-corrected chi connectivity index (χ3v) is 4.15. The van der Waals surface area contributed by atoms with Crippen LogP contribution in [0.2, 0.25) is 0 Å². The monoisotopic (exact) mass is 381 g/mol. The van der Waals surface area contributed by atoms with Crippen molar-refractivity contribution in [3.05, 3.63) is 89.2 Å². The van der Waals surface area contributed by atoms with Gasteiger partial charge in [0.25, 0.3) is 0 Å². The van der Waals surface area contributed by atoms with Crippen LogP contribution in [0.15, 0.2) is 66.7 Å². The molecule has 3 aromatic rings. The van der Waals surface area contributed by atoms with Crippen LogP contribution in [0, 0.1) is 5.82 Å². The smallest absolute Gasteiger partial charge is 0.335 e. The van der Waals surface area contributed by atoms with E-state index in [0.29, 0.717) is 30.3 Å². The zero-order valence-electron chi connectivity index (χ0n) is 15.3. The molecule has 0 fully saturated rings. The van der Waals surface area contributed by atoms with Gasteiger partial charge in [-0.1, -0.05) is 24.3 Å². The van der Waals surface area contributed by atoms with Crippen molar-refractivity contribution in [2.75, 3.05) is 12.4 Å². The van der Waals surface area contributed by atoms with Gasteiger partial charge in [-0.15, -0.1) is 0 Å². The molecule has 0 spiro atoms. The number of hydrogen-bond donors (Lipinski definition) is 2. The fourth-order valence-electron chi connectivity index (χ4n) is 2.67. The molecule has 0 heterocycles. The van der Waals surface area contributed by atoms with Gasteiger partial charge >= 0.3 is 5.97 Å². The van der Waals surface area contributed by atoms with Gasteiger partial charge < -0.3 is 19.9 Å². The topological polar surface area (TPSA) is 67.8 Å². The van der Waals surface area contributed by atoms with Crippen LogP contribution < -0.4 is 14.8 Å². The predicted octanol–water partition coefficient (Wildman–Crippen LogP) is 4.72. The average Bonchev–Trinajstić information content (AvgIpc) is 2.72. The molecule has 0 bridgehead atoms. The van der Waals surface area contributed by atoms with Crippen LogP contribution in [0.4, 0.5) is 10.1 Å². The molecule has 6 heteroatoms. The number of methoxy groups -OCH3 is 1. The van der Waals surface area contributed by atoms with E-state index in [0.717, 1.165) is 11.1 Å². The van der Waals surface area contributed by atoms with Crippen LogP contribution >= 0.6 is 0 Å². The molecule has 0 aliphatic rings. The van der Waals surface area contributed by atoms with E-state index in [1.54, 1.807) is 18.2 Å². The van der Waals surface area contributed by atoms with Crippen molar-refractivity contribution >= 4 is 11.7 Å². The Balaban J connectivity index is 1.65. The minimum absolute atomic E-state index is 0.180. The maximum Gasteiger partial charge on any atom is 0.335 e. The van der Waals surface area contributed by atoms with Gasteiger partial charge in [0, 0.05) is 6.54 Å². The Labute approximate surface area is 162 Å². The largest absolute Gasteiger partial charge is 0.495 e. The third-order valence-electron chi connectivity index (χ3n) is 4.15. The number of rotatable bonds is 8. The maximum atomic E-state index is 13.0. The summed E-state index contributed by atoms with van der Waals surface area (Å²) in [5, 5.41) is 12.4. The van der Waals surface area contributed by atoms with Crippen molar-refractivity contribution in [2.45, 2.75) is 13.2 Å². The number of ether oxygens (including phenoxy) is 2. The minimum Gasteiger partial charge on any atom is -0.495 e. The first-order valence-corrected chi connectivity index (χ1v) is 8.66. The van der Waals surface area contributed by atoms with E-state index in [4.69, 9.17) is 14.6 Å². The van der Waals surface area contributed by atoms with Gasteiger partial charge in [0.1, 0.15) is 23.9 Å². The first kappa shape index (κ1) is 19.2. The van der Waals surface area contributed by atoms with Crippen molar-refractivity contribution in [2.24, 2.45) is 0 Å². The van der Waals surface area contributed by atoms with E-state index in [1.807, 2.05) is 24.3 Å². The Bertz CT molecular complexity index is 957. The van der Waals surface area contributed by atoms with E-state index in [-0.39, 0.29) is 11.4 Å². The highest BCUT2D eigenvalue weighted by Crippen LogP contribution is 2.26. The molecule has 0 atom stereocenters. The standard InChI is InChI=1S/C22H20FNO4/c1-27-21-10-7-17(22(25)26)12-20(21)24-13-16-3-2-4-19(11-16)28-14-15-5-8-18(23)9-6-15/h2-12,24H,13-14H2,1H3,(H,25,26). The molecule has 0 aliphatic carbocycles. The first-order chi connectivity index (χ1) is 13.5. The Kier molecular flexibility index (Phi) is 6.11. The number of aromatic carboxylic acids is 1. The molecule has 5 nitrogen and oxygen atoms in total. The number of nitrogens with one attached hydrogen (secondary N) is 1. The molecule has 3 rings (SSSR count). The lowest BCUT2D eigenvalue weighted by Crippen LogP contribution is -2.04. The molecule has 0 saturated carbocycles. The number of benzene rings is 3. The van der Waals surface area contributed by atoms with Crippen molar-refractivity contribution in [3.8, 4) is 11.5 Å². The Morgan fingerprint density at radius 3 is 2.54 bits per heavy atom. The molecule has 0 aromatic heterocycles. The van der Waals surface area contributed by atoms with E-state index in [1.165, 1.54) is 31.4 Å². The lowest BCUT2D eigenvalue weighted by Gasteiger charge is -2.13. The lowest BCUT2D eigenvalue weighted by molar-refractivity contribution is 0.0697. The molecular weight excluding hydrogens is 361 g/mol. The highest BCUT2D eigenvalue weighted by atomic mass is 19.1. The molecule has 28 heavy (non-hydrogen) atoms. The molecule has 0 radical (unpaired) electrons. The van der Waals surface area contributed by atoms with Gasteiger partial charge in [0.15, 0.2) is 0 Å². The Hall–Kier alpha value is -3.54. The normalized spacial score (nSPS) is 10.4. The maximum absolute atomic E-state index is 13.0. The second-order valence-electron chi connectivity index (χ2n) is 6.14. The number of hydrogen-bond acceptors (Lipinski definition) is 4. The lowest BCUT2D eigenvalue weighted by atomic mass is 10.1. The van der Waals surface area contributed by atoms with E-state index < -0.39 is 5.97 Å². The summed E-state index contributed by atoms with van der Waals surface area (Å²) in [4.78, 5) is 11.2. The van der Waals surface area contributed by atoms with Gasteiger partial charge in [-0.25, -0.2) is 9.18 Å². The fraction of sp³-hybridized carbons (Fsp3) is 0.136. The zero-order valence-corrected chi connectivity index (χ0v) is 15.3. The van der Waals surface area contributed by atoms with Crippen LogP contribution in [0.1, 0.15) is 21.5 Å². The zero-order chi connectivity index (χ0) is 19.9. The summed E-state index contributed by atoms with van der Waals surface area (Å²) in [6, 6.07) is 18.4. The number of halogens is 1. The summed E-state index contributed by atoms with van der Waals surface area (Å²) in [6.07, 6.45) is 0. The highest BCUT2D eigenvalue weighted by molar-refractivity contribution is 5.89. The number of carbonyl (C=O) groups is 1. The molecule has 144 valence electrons. The van der Waals surface area contributed by atoms with Gasteiger partial charge in [0.2, 0.25) is 0 Å². The predicted molar refractivity (Wildman–Crippen MR) is 104 cm³/mol. The molecule has 0 aliphatic heterocycles. The van der Waals surface area contributed by atoms with E-state index in [2.05, 4.69) is 5.32 Å². The fourth-order valence-corrected chi connectivity index (χ4v) is 2.67. The van der Waals surface area contributed by atoms with Crippen LogP contribution in [-0.2, 0) is 13.2 Å². The van der Waals surface area contributed by atoms with Crippen LogP contribution in [-0.4, -0.2) is 18.2 Å². The van der Waals surface area contributed by atoms with Crippen molar-refractivity contribution < 1.29 is 23.8 Å². The van der Waals surface area contributed by atoms with Crippen molar-refractivity contribution in [1.82, 2.24) is 0 Å². The summed E-state index contributed by atoms with van der Waals surface area (Å²) >= 11 is 0. The molecule has 3 aromatic carbocycles.